The molecule has 1 unspecified atom stereocenters. The first kappa shape index (κ1) is 25.2. The third kappa shape index (κ3) is 7.27. The fourth-order valence-corrected chi connectivity index (χ4v) is 3.32. The molecule has 0 saturated heterocycles. The van der Waals surface area contributed by atoms with E-state index in [1.165, 1.54) is 12.0 Å². The van der Waals surface area contributed by atoms with Crippen molar-refractivity contribution in [2.75, 3.05) is 20.4 Å². The van der Waals surface area contributed by atoms with Crippen molar-refractivity contribution < 1.29 is 28.9 Å². The van der Waals surface area contributed by atoms with Gasteiger partial charge in [0.1, 0.15) is 24.1 Å². The number of para-hydroxylation sites is 1. The molecule has 0 aliphatic carbocycles. The summed E-state index contributed by atoms with van der Waals surface area (Å²) in [5, 5.41) is 9.93. The van der Waals surface area contributed by atoms with Crippen molar-refractivity contribution in [2.45, 2.75) is 51.7 Å². The largest absolute Gasteiger partial charge is 0.508 e. The van der Waals surface area contributed by atoms with Crippen molar-refractivity contribution in [1.82, 2.24) is 4.90 Å². The molecule has 32 heavy (non-hydrogen) atoms. The lowest BCUT2D eigenvalue weighted by Gasteiger charge is -2.34. The Morgan fingerprint density at radius 2 is 1.66 bits per heavy atom. The van der Waals surface area contributed by atoms with Gasteiger partial charge in [0.15, 0.2) is 0 Å². The van der Waals surface area contributed by atoms with Crippen LogP contribution in [-0.4, -0.2) is 54.2 Å². The standard InChI is InChI=1S/C25H33NO6/c1-18(19-11-7-6-8-12-19)22(26(17-30-5)24(29)32-25(2,3)4)23(28)31-16-15-20-13-9-10-14-21(20)27/h6-14,18,22,27H,15-17H2,1-5H3/t18?,22-/m0/s1. The number of carbonyl (C=O) groups is 2. The summed E-state index contributed by atoms with van der Waals surface area (Å²) in [6.45, 7) is 7.06. The van der Waals surface area contributed by atoms with Crippen LogP contribution in [0.15, 0.2) is 54.6 Å². The number of ether oxygens (including phenoxy) is 3. The maximum atomic E-state index is 13.2. The Bertz CT molecular complexity index is 878. The number of nitrogens with zero attached hydrogens (tertiary/aromatic N) is 1. The molecule has 1 amide bonds. The van der Waals surface area contributed by atoms with E-state index < -0.39 is 23.7 Å². The summed E-state index contributed by atoms with van der Waals surface area (Å²) in [7, 11) is 1.45. The molecule has 0 spiro atoms. The first-order valence-electron chi connectivity index (χ1n) is 10.6. The second kappa shape index (κ2) is 11.5. The Labute approximate surface area is 189 Å². The van der Waals surface area contributed by atoms with E-state index in [4.69, 9.17) is 14.2 Å². The number of hydrogen-bond acceptors (Lipinski definition) is 6. The van der Waals surface area contributed by atoms with Crippen molar-refractivity contribution in [3.63, 3.8) is 0 Å². The van der Waals surface area contributed by atoms with E-state index in [1.807, 2.05) is 37.3 Å². The zero-order valence-corrected chi connectivity index (χ0v) is 19.4. The van der Waals surface area contributed by atoms with Gasteiger partial charge in [-0.25, -0.2) is 9.59 Å². The first-order valence-corrected chi connectivity index (χ1v) is 10.6. The Morgan fingerprint density at radius 3 is 2.25 bits per heavy atom. The number of hydrogen-bond donors (Lipinski definition) is 1. The van der Waals surface area contributed by atoms with Crippen LogP contribution < -0.4 is 0 Å². The smallest absolute Gasteiger partial charge is 0.412 e. The van der Waals surface area contributed by atoms with E-state index in [0.717, 1.165) is 5.56 Å². The molecule has 0 radical (unpaired) electrons. The number of benzene rings is 2. The molecule has 2 rings (SSSR count). The van der Waals surface area contributed by atoms with Gasteiger partial charge in [0.25, 0.3) is 0 Å². The Hall–Kier alpha value is -3.06. The van der Waals surface area contributed by atoms with E-state index >= 15 is 0 Å². The van der Waals surface area contributed by atoms with Gasteiger partial charge in [0, 0.05) is 19.4 Å². The first-order chi connectivity index (χ1) is 15.1. The minimum atomic E-state index is -0.962. The molecule has 0 heterocycles. The molecule has 2 aromatic carbocycles. The Kier molecular flexibility index (Phi) is 9.08. The third-order valence-corrected chi connectivity index (χ3v) is 4.88. The molecule has 7 nitrogen and oxygen atoms in total. The van der Waals surface area contributed by atoms with Crippen LogP contribution in [0.1, 0.15) is 44.7 Å². The fourth-order valence-electron chi connectivity index (χ4n) is 3.32. The van der Waals surface area contributed by atoms with Crippen LogP contribution in [0.25, 0.3) is 0 Å². The van der Waals surface area contributed by atoms with Gasteiger partial charge >= 0.3 is 12.1 Å². The van der Waals surface area contributed by atoms with Crippen molar-refractivity contribution in [3.05, 3.63) is 65.7 Å². The zero-order valence-electron chi connectivity index (χ0n) is 19.4. The van der Waals surface area contributed by atoms with E-state index in [1.54, 1.807) is 45.0 Å². The highest BCUT2D eigenvalue weighted by Gasteiger charge is 2.38. The monoisotopic (exact) mass is 443 g/mol. The zero-order chi connectivity index (χ0) is 23.7. The molecule has 0 aliphatic rings. The molecule has 7 heteroatoms. The highest BCUT2D eigenvalue weighted by molar-refractivity contribution is 5.82. The summed E-state index contributed by atoms with van der Waals surface area (Å²) < 4.78 is 16.3. The second-order valence-electron chi connectivity index (χ2n) is 8.56. The maximum Gasteiger partial charge on any atom is 0.412 e. The fraction of sp³-hybridized carbons (Fsp3) is 0.440. The number of carbonyl (C=O) groups excluding carboxylic acids is 2. The predicted molar refractivity (Wildman–Crippen MR) is 121 cm³/mol. The van der Waals surface area contributed by atoms with Crippen molar-refractivity contribution in [3.8, 4) is 5.75 Å². The van der Waals surface area contributed by atoms with Crippen LogP contribution in [0.5, 0.6) is 5.75 Å². The van der Waals surface area contributed by atoms with Crippen LogP contribution in [0.2, 0.25) is 0 Å². The molecule has 0 fully saturated rings. The van der Waals surface area contributed by atoms with E-state index in [2.05, 4.69) is 0 Å². The van der Waals surface area contributed by atoms with Gasteiger partial charge in [-0.3, -0.25) is 4.90 Å². The summed E-state index contributed by atoms with van der Waals surface area (Å²) in [5.74, 6) is -0.802. The normalized spacial score (nSPS) is 13.2. The Balaban J connectivity index is 2.26. The van der Waals surface area contributed by atoms with Crippen LogP contribution in [0.3, 0.4) is 0 Å². The van der Waals surface area contributed by atoms with Gasteiger partial charge in [-0.05, 0) is 38.0 Å². The molecule has 0 aliphatic heterocycles. The number of phenolic OH excluding ortho intramolecular Hbond substituents is 1. The molecule has 2 aromatic rings. The molecule has 0 saturated carbocycles. The molecule has 0 aromatic heterocycles. The van der Waals surface area contributed by atoms with E-state index in [0.29, 0.717) is 12.0 Å². The van der Waals surface area contributed by atoms with Gasteiger partial charge < -0.3 is 19.3 Å². The van der Waals surface area contributed by atoms with Gasteiger partial charge in [-0.15, -0.1) is 0 Å². The second-order valence-corrected chi connectivity index (χ2v) is 8.56. The van der Waals surface area contributed by atoms with E-state index in [-0.39, 0.29) is 25.0 Å². The lowest BCUT2D eigenvalue weighted by Crippen LogP contribution is -2.51. The van der Waals surface area contributed by atoms with Crippen molar-refractivity contribution >= 4 is 12.1 Å². The van der Waals surface area contributed by atoms with Crippen LogP contribution in [0, 0.1) is 0 Å². The molecule has 174 valence electrons. The third-order valence-electron chi connectivity index (χ3n) is 4.88. The lowest BCUT2D eigenvalue weighted by atomic mass is 9.92. The summed E-state index contributed by atoms with van der Waals surface area (Å²) in [6, 6.07) is 15.4. The minimum Gasteiger partial charge on any atom is -0.508 e. The minimum absolute atomic E-state index is 0.0591. The lowest BCUT2D eigenvalue weighted by molar-refractivity contribution is -0.152. The van der Waals surface area contributed by atoms with Gasteiger partial charge in [-0.1, -0.05) is 55.5 Å². The summed E-state index contributed by atoms with van der Waals surface area (Å²) >= 11 is 0. The van der Waals surface area contributed by atoms with Crippen LogP contribution >= 0.6 is 0 Å². The summed E-state index contributed by atoms with van der Waals surface area (Å²) in [5.41, 5.74) is 0.812. The van der Waals surface area contributed by atoms with Gasteiger partial charge in [-0.2, -0.15) is 0 Å². The number of esters is 1. The number of rotatable bonds is 9. The molecular formula is C25H33NO6. The topological polar surface area (TPSA) is 85.3 Å². The maximum absolute atomic E-state index is 13.2. The van der Waals surface area contributed by atoms with Crippen LogP contribution in [-0.2, 0) is 25.4 Å². The van der Waals surface area contributed by atoms with Gasteiger partial charge in [0.05, 0.1) is 6.61 Å². The molecule has 2 atom stereocenters. The molecular weight excluding hydrogens is 410 g/mol. The molecule has 1 N–H and O–H groups in total. The Morgan fingerprint density at radius 1 is 1.03 bits per heavy atom. The van der Waals surface area contributed by atoms with Crippen LogP contribution in [0.4, 0.5) is 4.79 Å². The van der Waals surface area contributed by atoms with E-state index in [9.17, 15) is 14.7 Å². The number of aromatic hydroxyl groups is 1. The van der Waals surface area contributed by atoms with Crippen molar-refractivity contribution in [1.29, 1.82) is 0 Å². The molecule has 0 bridgehead atoms. The van der Waals surface area contributed by atoms with Gasteiger partial charge in [0.2, 0.25) is 0 Å². The predicted octanol–water partition coefficient (Wildman–Crippen LogP) is 4.49. The average Bonchev–Trinajstić information content (AvgIpc) is 2.74. The number of amides is 1. The number of methoxy groups -OCH3 is 1. The summed E-state index contributed by atoms with van der Waals surface area (Å²) in [4.78, 5) is 27.4. The SMILES string of the molecule is COCN(C(=O)OC(C)(C)C)[C@H](C(=O)OCCc1ccccc1O)C(C)c1ccccc1. The highest BCUT2D eigenvalue weighted by Crippen LogP contribution is 2.26. The highest BCUT2D eigenvalue weighted by atomic mass is 16.6. The quantitative estimate of drug-likeness (QED) is 0.454. The van der Waals surface area contributed by atoms with Crippen molar-refractivity contribution in [2.24, 2.45) is 0 Å². The number of phenols is 1. The summed E-state index contributed by atoms with van der Waals surface area (Å²) in [6.07, 6.45) is -0.313. The average molecular weight is 444 g/mol.